The van der Waals surface area contributed by atoms with Crippen LogP contribution in [-0.2, 0) is 25.3 Å². The van der Waals surface area contributed by atoms with Crippen LogP contribution < -0.4 is 5.46 Å². The van der Waals surface area contributed by atoms with Crippen molar-refractivity contribution < 1.29 is 28.7 Å². The van der Waals surface area contributed by atoms with Crippen molar-refractivity contribution in [3.05, 3.63) is 29.8 Å². The zero-order chi connectivity index (χ0) is 21.3. The predicted octanol–water partition coefficient (Wildman–Crippen LogP) is 2.77. The summed E-state index contributed by atoms with van der Waals surface area (Å²) in [4.78, 5) is 23.7. The Bertz CT molecular complexity index is 707. The van der Waals surface area contributed by atoms with Gasteiger partial charge < -0.3 is 0 Å². The summed E-state index contributed by atoms with van der Waals surface area (Å²) in [5.74, 6) is -0.958. The molecule has 0 radical (unpaired) electrons. The molecule has 1 N–H and O–H groups in total. The number of carbonyl (C=O) groups is 2. The van der Waals surface area contributed by atoms with Crippen LogP contribution in [0.2, 0.25) is 4.71 Å². The minimum atomic E-state index is -1.44. The van der Waals surface area contributed by atoms with Crippen LogP contribution in [0.4, 0.5) is 4.79 Å². The monoisotopic (exact) mass is 452 g/mol. The summed E-state index contributed by atoms with van der Waals surface area (Å²) in [6.07, 6.45) is 0.304. The van der Waals surface area contributed by atoms with Crippen LogP contribution in [-0.4, -0.2) is 55.5 Å². The molecule has 154 valence electrons. The second-order valence-electron chi connectivity index (χ2n) is 9.07. The van der Waals surface area contributed by atoms with Crippen LogP contribution in [0.15, 0.2) is 24.3 Å². The van der Waals surface area contributed by atoms with Gasteiger partial charge in [-0.05, 0) is 0 Å². The molecule has 0 bridgehead atoms. The van der Waals surface area contributed by atoms with Crippen molar-refractivity contribution in [2.75, 3.05) is 0 Å². The van der Waals surface area contributed by atoms with E-state index in [4.69, 9.17) is 14.0 Å². The molecule has 28 heavy (non-hydrogen) atoms. The maximum atomic E-state index is 12.1. The van der Waals surface area contributed by atoms with E-state index in [0.29, 0.717) is 6.42 Å². The van der Waals surface area contributed by atoms with E-state index in [0.717, 1.165) is 11.0 Å². The first-order valence-corrected chi connectivity index (χ1v) is 11.6. The summed E-state index contributed by atoms with van der Waals surface area (Å²) in [5, 5.41) is 9.51. The zero-order valence-electron chi connectivity index (χ0n) is 17.7. The Labute approximate surface area is 174 Å². The van der Waals surface area contributed by atoms with Crippen molar-refractivity contribution in [1.29, 1.82) is 0 Å². The van der Waals surface area contributed by atoms with Crippen molar-refractivity contribution in [3.8, 4) is 0 Å². The predicted molar refractivity (Wildman–Crippen MR) is 111 cm³/mol. The number of aliphatic carboxylic acids is 1. The molecule has 0 saturated carbocycles. The summed E-state index contributed by atoms with van der Waals surface area (Å²) >= 11 is -1.44. The summed E-state index contributed by atoms with van der Waals surface area (Å²) in [7, 11) is -0.454. The molecule has 8 heteroatoms. The van der Waals surface area contributed by atoms with Crippen molar-refractivity contribution in [2.24, 2.45) is 0 Å². The van der Waals surface area contributed by atoms with E-state index < -0.39 is 50.3 Å². The average Bonchev–Trinajstić information content (AvgIpc) is 2.73. The van der Waals surface area contributed by atoms with E-state index in [9.17, 15) is 14.7 Å². The molecule has 0 spiro atoms. The summed E-state index contributed by atoms with van der Waals surface area (Å²) in [6, 6.07) is 7.53. The first-order chi connectivity index (χ1) is 12.7. The second kappa shape index (κ2) is 8.21. The fourth-order valence-corrected chi connectivity index (χ4v) is 5.01. The Morgan fingerprint density at radius 2 is 1.61 bits per heavy atom. The number of carboxylic acid groups (broad SMARTS) is 1. The summed E-state index contributed by atoms with van der Waals surface area (Å²) in [5.41, 5.74) is 0.318. The molecule has 2 atom stereocenters. The Balaban J connectivity index is 2.04. The van der Waals surface area contributed by atoms with Crippen LogP contribution in [0.1, 0.15) is 54.0 Å². The molecule has 0 amide bonds. The standard InChI is InChI=1S/C20H30AsBO6/c1-18(2,3)26-17(25)21-15(16(23)24)12-13-8-10-14(11-9-13)22-27-19(4,5)20(6,7)28-22/h8-11,15,21H,12H2,1-7H3,(H,23,24)/t15-/m0/s1. The maximum absolute atomic E-state index is 12.1. The normalized spacial score (nSPS) is 19.8. The van der Waals surface area contributed by atoms with E-state index in [1.165, 1.54) is 0 Å². The van der Waals surface area contributed by atoms with Gasteiger partial charge in [0, 0.05) is 0 Å². The minimum absolute atomic E-state index is 0.304. The zero-order valence-corrected chi connectivity index (χ0v) is 19.8. The number of hydrogen-bond donors (Lipinski definition) is 1. The Morgan fingerprint density at radius 1 is 1.11 bits per heavy atom. The molecule has 0 aromatic heterocycles. The number of ether oxygens (including phenoxy) is 1. The van der Waals surface area contributed by atoms with Gasteiger partial charge in [0.15, 0.2) is 0 Å². The molecular weight excluding hydrogens is 422 g/mol. The molecule has 1 aliphatic rings. The summed E-state index contributed by atoms with van der Waals surface area (Å²) < 4.78 is 16.3. The van der Waals surface area contributed by atoms with Gasteiger partial charge in [0.1, 0.15) is 0 Å². The number of hydrogen-bond acceptors (Lipinski definition) is 5. The fraction of sp³-hybridized carbons (Fsp3) is 0.600. The van der Waals surface area contributed by atoms with E-state index in [1.807, 2.05) is 52.0 Å². The average molecular weight is 452 g/mol. The molecule has 1 saturated heterocycles. The van der Waals surface area contributed by atoms with Crippen molar-refractivity contribution in [3.63, 3.8) is 0 Å². The van der Waals surface area contributed by atoms with Crippen LogP contribution in [0.5, 0.6) is 0 Å². The number of carboxylic acids is 1. The van der Waals surface area contributed by atoms with Gasteiger partial charge in [-0.3, -0.25) is 0 Å². The second-order valence-corrected chi connectivity index (χ2v) is 12.0. The third-order valence-corrected chi connectivity index (χ3v) is 7.32. The van der Waals surface area contributed by atoms with Gasteiger partial charge in [0.2, 0.25) is 0 Å². The third-order valence-electron chi connectivity index (χ3n) is 4.93. The Morgan fingerprint density at radius 3 is 2.04 bits per heavy atom. The van der Waals surface area contributed by atoms with E-state index in [1.54, 1.807) is 20.8 Å². The van der Waals surface area contributed by atoms with Crippen molar-refractivity contribution in [2.45, 2.75) is 76.4 Å². The van der Waals surface area contributed by atoms with E-state index >= 15 is 0 Å². The van der Waals surface area contributed by atoms with Crippen LogP contribution in [0.25, 0.3) is 0 Å². The topological polar surface area (TPSA) is 82.1 Å². The van der Waals surface area contributed by atoms with E-state index in [2.05, 4.69) is 0 Å². The molecule has 1 heterocycles. The van der Waals surface area contributed by atoms with Gasteiger partial charge in [0.25, 0.3) is 0 Å². The molecule has 6 nitrogen and oxygen atoms in total. The first-order valence-electron chi connectivity index (χ1n) is 9.37. The van der Waals surface area contributed by atoms with Gasteiger partial charge in [-0.15, -0.1) is 0 Å². The fourth-order valence-electron chi connectivity index (χ4n) is 2.68. The van der Waals surface area contributed by atoms with Gasteiger partial charge in [-0.1, -0.05) is 0 Å². The number of carbonyl (C=O) groups excluding carboxylic acids is 1. The van der Waals surface area contributed by atoms with Crippen molar-refractivity contribution in [1.82, 2.24) is 0 Å². The van der Waals surface area contributed by atoms with Gasteiger partial charge in [-0.25, -0.2) is 0 Å². The molecule has 1 unspecified atom stereocenters. The summed E-state index contributed by atoms with van der Waals surface area (Å²) in [6.45, 7) is 13.3. The number of rotatable bonds is 6. The SMILES string of the molecule is CC(C)(C)OC(=O)[AsH][C@@H](Cc1ccc(B2OC(C)(C)C(C)(C)O2)cc1)C(=O)O. The molecule has 1 aromatic rings. The number of benzene rings is 1. The van der Waals surface area contributed by atoms with Gasteiger partial charge in [0.05, 0.1) is 0 Å². The van der Waals surface area contributed by atoms with Crippen LogP contribution >= 0.6 is 0 Å². The van der Waals surface area contributed by atoms with Crippen LogP contribution in [0, 0.1) is 0 Å². The quantitative estimate of drug-likeness (QED) is 0.669. The van der Waals surface area contributed by atoms with Gasteiger partial charge in [-0.2, -0.15) is 0 Å². The first kappa shape index (κ1) is 23.0. The molecule has 1 aromatic carbocycles. The van der Waals surface area contributed by atoms with Crippen LogP contribution in [0.3, 0.4) is 0 Å². The van der Waals surface area contributed by atoms with Gasteiger partial charge >= 0.3 is 174 Å². The molecule has 0 aliphatic carbocycles. The molecule has 1 aliphatic heterocycles. The Kier molecular flexibility index (Phi) is 6.74. The molecule has 2 rings (SSSR count). The van der Waals surface area contributed by atoms with Crippen molar-refractivity contribution >= 4 is 39.1 Å². The van der Waals surface area contributed by atoms with E-state index in [-0.39, 0.29) is 4.76 Å². The third kappa shape index (κ3) is 5.85. The molecule has 1 fully saturated rings. The Hall–Kier alpha value is -1.30. The molecular formula is C20H30AsBO6.